The maximum absolute atomic E-state index is 9.71. The van der Waals surface area contributed by atoms with Crippen LogP contribution >= 0.6 is 0 Å². The van der Waals surface area contributed by atoms with Crippen LogP contribution in [0.4, 0.5) is 0 Å². The number of halogens is 2. The number of carbonyl (C=O) groups excluding carboxylic acids is 1. The van der Waals surface area contributed by atoms with Crippen LogP contribution < -0.4 is 24.8 Å². The molecule has 1 aliphatic rings. The SMILES string of the molecule is O=[C-][CH-]C1=CC=CC1.[Cl-].[Cl-].[Ti+4]. The standard InChI is InChI=1S/C7H6O.2ClH.Ti/c8-6-5-7-3-1-2-4-7;;;/h1-3,5H,4H2;2*1H;/q-2;;;+4/p-2. The Morgan fingerprint density at radius 1 is 1.45 bits per heavy atom. The van der Waals surface area contributed by atoms with Gasteiger partial charge >= 0.3 is 21.7 Å². The van der Waals surface area contributed by atoms with E-state index in [2.05, 4.69) is 0 Å². The summed E-state index contributed by atoms with van der Waals surface area (Å²) in [5, 5.41) is 0. The normalized spacial score (nSPS) is 11.5. The molecule has 1 nitrogen and oxygen atoms in total. The zero-order chi connectivity index (χ0) is 5.82. The molecule has 11 heavy (non-hydrogen) atoms. The van der Waals surface area contributed by atoms with Crippen LogP contribution in [0.25, 0.3) is 0 Å². The van der Waals surface area contributed by atoms with Gasteiger partial charge in [0.05, 0.1) is 0 Å². The Kier molecular flexibility index (Phi) is 16.3. The summed E-state index contributed by atoms with van der Waals surface area (Å²) in [6, 6.07) is 0. The van der Waals surface area contributed by atoms with Gasteiger partial charge in [0.1, 0.15) is 0 Å². The van der Waals surface area contributed by atoms with E-state index in [9.17, 15) is 4.79 Å². The molecular weight excluding hydrogens is 219 g/mol. The quantitative estimate of drug-likeness (QED) is 0.340. The molecule has 0 aromatic rings. The number of allylic oxidation sites excluding steroid dienone is 4. The van der Waals surface area contributed by atoms with Crippen molar-refractivity contribution >= 4 is 6.29 Å². The van der Waals surface area contributed by atoms with E-state index >= 15 is 0 Å². The molecule has 58 valence electrons. The van der Waals surface area contributed by atoms with Gasteiger partial charge < -0.3 is 41.6 Å². The molecule has 0 amide bonds. The maximum atomic E-state index is 9.71. The molecule has 0 aromatic carbocycles. The first kappa shape index (κ1) is 17.4. The first-order valence-electron chi connectivity index (χ1n) is 2.50. The monoisotopic (exact) mass is 224 g/mol. The molecule has 1 rings (SSSR count). The van der Waals surface area contributed by atoms with Crippen LogP contribution in [0.5, 0.6) is 0 Å². The van der Waals surface area contributed by atoms with Crippen LogP contribution in [0.15, 0.2) is 23.8 Å². The second-order valence-corrected chi connectivity index (χ2v) is 1.64. The summed E-state index contributed by atoms with van der Waals surface area (Å²) < 4.78 is 0. The van der Waals surface area contributed by atoms with Crippen LogP contribution in [0.1, 0.15) is 6.42 Å². The van der Waals surface area contributed by atoms with E-state index in [0.717, 1.165) is 12.0 Å². The van der Waals surface area contributed by atoms with Crippen molar-refractivity contribution in [3.63, 3.8) is 0 Å². The van der Waals surface area contributed by atoms with E-state index in [0.29, 0.717) is 0 Å². The Bertz CT molecular complexity index is 155. The summed E-state index contributed by atoms with van der Waals surface area (Å²) in [7, 11) is 0. The molecule has 0 saturated heterocycles. The summed E-state index contributed by atoms with van der Waals surface area (Å²) in [6.45, 7) is 0. The van der Waals surface area contributed by atoms with E-state index < -0.39 is 0 Å². The van der Waals surface area contributed by atoms with Crippen molar-refractivity contribution in [2.45, 2.75) is 6.42 Å². The van der Waals surface area contributed by atoms with Crippen molar-refractivity contribution in [1.29, 1.82) is 0 Å². The topological polar surface area (TPSA) is 17.1 Å². The van der Waals surface area contributed by atoms with Gasteiger partial charge in [-0.2, -0.15) is 6.08 Å². The number of rotatable bonds is 2. The van der Waals surface area contributed by atoms with E-state index in [1.807, 2.05) is 18.2 Å². The predicted molar refractivity (Wildman–Crippen MR) is 31.8 cm³/mol. The van der Waals surface area contributed by atoms with E-state index in [1.54, 1.807) is 6.29 Å². The molecule has 0 aromatic heterocycles. The minimum Gasteiger partial charge on any atom is -1.00 e. The van der Waals surface area contributed by atoms with Crippen LogP contribution in [-0.2, 0) is 26.5 Å². The fourth-order valence-electron chi connectivity index (χ4n) is 0.647. The van der Waals surface area contributed by atoms with Gasteiger partial charge in [-0.05, 0) is 0 Å². The van der Waals surface area contributed by atoms with Crippen molar-refractivity contribution < 1.29 is 51.3 Å². The molecule has 0 N–H and O–H groups in total. The van der Waals surface area contributed by atoms with Crippen LogP contribution in [0.3, 0.4) is 0 Å². The number of hydrogen-bond donors (Lipinski definition) is 0. The largest absolute Gasteiger partial charge is 4.00 e. The van der Waals surface area contributed by atoms with Crippen LogP contribution in [-0.4, -0.2) is 6.29 Å². The summed E-state index contributed by atoms with van der Waals surface area (Å²) in [5.41, 5.74) is 1.04. The molecule has 0 spiro atoms. The average Bonchev–Trinajstić information content (AvgIpc) is 2.19. The molecule has 0 aliphatic heterocycles. The molecule has 4 heteroatoms. The van der Waals surface area contributed by atoms with Crippen molar-refractivity contribution in [1.82, 2.24) is 0 Å². The van der Waals surface area contributed by atoms with Gasteiger partial charge in [-0.15, -0.1) is 18.8 Å². The van der Waals surface area contributed by atoms with Gasteiger partial charge in [-0.1, -0.05) is 0 Å². The zero-order valence-corrected chi connectivity index (χ0v) is 8.75. The molecule has 1 aliphatic carbocycles. The maximum Gasteiger partial charge on any atom is 4.00 e. The van der Waals surface area contributed by atoms with Gasteiger partial charge in [-0.3, -0.25) is 6.08 Å². The molecule has 0 fully saturated rings. The van der Waals surface area contributed by atoms with Gasteiger partial charge in [0.2, 0.25) is 0 Å². The number of hydrogen-bond acceptors (Lipinski definition) is 1. The summed E-state index contributed by atoms with van der Waals surface area (Å²) >= 11 is 0. The fraction of sp³-hybridized carbons (Fsp3) is 0.143. The fourth-order valence-corrected chi connectivity index (χ4v) is 0.647. The molecule has 0 bridgehead atoms. The Morgan fingerprint density at radius 3 is 2.45 bits per heavy atom. The van der Waals surface area contributed by atoms with Gasteiger partial charge in [0.15, 0.2) is 0 Å². The summed E-state index contributed by atoms with van der Waals surface area (Å²) in [4.78, 5) is 9.71. The minimum atomic E-state index is 0. The molecule has 0 radical (unpaired) electrons. The summed E-state index contributed by atoms with van der Waals surface area (Å²) in [5.74, 6) is 0. The van der Waals surface area contributed by atoms with E-state index in [4.69, 9.17) is 0 Å². The Balaban J connectivity index is -0.000000213. The first-order valence-corrected chi connectivity index (χ1v) is 2.50. The molecule has 0 unspecified atom stereocenters. The Hall–Kier alpha value is 0.314. The van der Waals surface area contributed by atoms with E-state index in [1.165, 1.54) is 6.42 Å². The zero-order valence-electron chi connectivity index (χ0n) is 5.68. The third-order valence-corrected chi connectivity index (χ3v) is 1.04. The predicted octanol–water partition coefficient (Wildman–Crippen LogP) is -4.81. The first-order chi connectivity index (χ1) is 3.93. The Morgan fingerprint density at radius 2 is 2.09 bits per heavy atom. The molecule has 0 heterocycles. The van der Waals surface area contributed by atoms with E-state index in [-0.39, 0.29) is 46.5 Å². The van der Waals surface area contributed by atoms with Crippen molar-refractivity contribution in [2.75, 3.05) is 0 Å². The third-order valence-electron chi connectivity index (χ3n) is 1.04. The van der Waals surface area contributed by atoms with Crippen LogP contribution in [0.2, 0.25) is 0 Å². The summed E-state index contributed by atoms with van der Waals surface area (Å²) in [6.07, 6.45) is 9.91. The third kappa shape index (κ3) is 6.70. The molecular formula is C7H6Cl2OTi. The van der Waals surface area contributed by atoms with Crippen molar-refractivity contribution in [2.24, 2.45) is 0 Å². The molecule has 0 atom stereocenters. The van der Waals surface area contributed by atoms with Crippen LogP contribution in [0, 0.1) is 6.42 Å². The van der Waals surface area contributed by atoms with Gasteiger partial charge in [0, 0.05) is 0 Å². The Labute approximate surface area is 94.0 Å². The second-order valence-electron chi connectivity index (χ2n) is 1.64. The smallest absolute Gasteiger partial charge is 1.00 e. The molecule has 0 saturated carbocycles. The van der Waals surface area contributed by atoms with Crippen molar-refractivity contribution in [3.05, 3.63) is 30.2 Å². The minimum absolute atomic E-state index is 0. The van der Waals surface area contributed by atoms with Gasteiger partial charge in [0.25, 0.3) is 0 Å². The van der Waals surface area contributed by atoms with Crippen molar-refractivity contribution in [3.8, 4) is 0 Å². The van der Waals surface area contributed by atoms with Gasteiger partial charge in [-0.25, -0.2) is 0 Å². The second kappa shape index (κ2) is 10.3. The average molecular weight is 225 g/mol.